The summed E-state index contributed by atoms with van der Waals surface area (Å²) >= 11 is 0. The standard InChI is InChI=1S/C14H12N6O4/c21-19(22)13-8-6-11(7-9-13)10-15-17-14(18-20(23)24)16-12-4-2-1-3-5-12/h1-10H,(H2,16,17,18)/b15-10-. The number of hydrazone groups is 1. The van der Waals surface area contributed by atoms with Gasteiger partial charge in [0, 0.05) is 12.1 Å². The van der Waals surface area contributed by atoms with Crippen molar-refractivity contribution in [3.05, 3.63) is 80.4 Å². The van der Waals surface area contributed by atoms with Gasteiger partial charge in [-0.15, -0.1) is 0 Å². The van der Waals surface area contributed by atoms with Crippen LogP contribution < -0.4 is 10.9 Å². The molecule has 2 N–H and O–H groups in total. The van der Waals surface area contributed by atoms with Gasteiger partial charge in [-0.3, -0.25) is 10.1 Å². The summed E-state index contributed by atoms with van der Waals surface area (Å²) in [5.41, 5.74) is 5.35. The molecular weight excluding hydrogens is 316 g/mol. The molecule has 2 aromatic rings. The molecule has 0 atom stereocenters. The van der Waals surface area contributed by atoms with Gasteiger partial charge in [-0.25, -0.2) is 20.5 Å². The molecule has 0 heterocycles. The van der Waals surface area contributed by atoms with Gasteiger partial charge in [0.1, 0.15) is 0 Å². The number of nitro groups is 2. The number of non-ortho nitro benzene ring substituents is 1. The molecule has 24 heavy (non-hydrogen) atoms. The summed E-state index contributed by atoms with van der Waals surface area (Å²) in [6.07, 6.45) is 1.35. The molecule has 0 saturated heterocycles. The number of hydrazine groups is 1. The van der Waals surface area contributed by atoms with Crippen molar-refractivity contribution in [3.63, 3.8) is 0 Å². The third kappa shape index (κ3) is 5.18. The van der Waals surface area contributed by atoms with Crippen LogP contribution in [0.5, 0.6) is 0 Å². The maximum absolute atomic E-state index is 10.6. The molecule has 0 radical (unpaired) electrons. The Labute approximate surface area is 135 Å². The molecule has 122 valence electrons. The van der Waals surface area contributed by atoms with Gasteiger partial charge in [-0.1, -0.05) is 23.6 Å². The fraction of sp³-hybridized carbons (Fsp3) is 0. The highest BCUT2D eigenvalue weighted by molar-refractivity contribution is 5.84. The lowest BCUT2D eigenvalue weighted by molar-refractivity contribution is -0.525. The first-order valence-electron chi connectivity index (χ1n) is 6.63. The summed E-state index contributed by atoms with van der Waals surface area (Å²) in [5, 5.41) is 24.2. The molecule has 0 aliphatic heterocycles. The van der Waals surface area contributed by atoms with Gasteiger partial charge in [0.25, 0.3) is 11.6 Å². The van der Waals surface area contributed by atoms with Crippen LogP contribution in [-0.4, -0.2) is 22.1 Å². The smallest absolute Gasteiger partial charge is 0.258 e. The Hall–Kier alpha value is -3.82. The van der Waals surface area contributed by atoms with Gasteiger partial charge >= 0.3 is 0 Å². The molecule has 0 saturated carbocycles. The first-order chi connectivity index (χ1) is 11.5. The van der Waals surface area contributed by atoms with Crippen molar-refractivity contribution >= 4 is 23.5 Å². The van der Waals surface area contributed by atoms with E-state index >= 15 is 0 Å². The lowest BCUT2D eigenvalue weighted by atomic mass is 10.2. The lowest BCUT2D eigenvalue weighted by Gasteiger charge is -2.02. The number of hydrogen-bond acceptors (Lipinski definition) is 6. The molecule has 0 aliphatic rings. The largest absolute Gasteiger partial charge is 0.279 e. The molecule has 10 heteroatoms. The number of para-hydroxylation sites is 1. The second-order valence-electron chi connectivity index (χ2n) is 4.38. The monoisotopic (exact) mass is 328 g/mol. The first-order valence-corrected chi connectivity index (χ1v) is 6.63. The van der Waals surface area contributed by atoms with Crippen molar-refractivity contribution in [1.82, 2.24) is 10.9 Å². The summed E-state index contributed by atoms with van der Waals surface area (Å²) in [4.78, 5) is 24.7. The summed E-state index contributed by atoms with van der Waals surface area (Å²) < 4.78 is 0. The Morgan fingerprint density at radius 1 is 1.00 bits per heavy atom. The molecule has 0 spiro atoms. The summed E-state index contributed by atoms with van der Waals surface area (Å²) in [5.74, 6) is -0.177. The number of benzene rings is 2. The second kappa shape index (κ2) is 7.98. The van der Waals surface area contributed by atoms with E-state index in [9.17, 15) is 20.2 Å². The topological polar surface area (TPSA) is 135 Å². The van der Waals surface area contributed by atoms with E-state index in [1.54, 1.807) is 30.3 Å². The SMILES string of the molecule is O=[N+]([O-])NC(=Nc1ccccc1)N/N=C\c1ccc([N+](=O)[O-])cc1. The van der Waals surface area contributed by atoms with E-state index in [2.05, 4.69) is 15.5 Å². The maximum Gasteiger partial charge on any atom is 0.279 e. The molecule has 10 nitrogen and oxygen atoms in total. The van der Waals surface area contributed by atoms with Crippen LogP contribution in [-0.2, 0) is 0 Å². The zero-order chi connectivity index (χ0) is 17.4. The van der Waals surface area contributed by atoms with Crippen LogP contribution in [0, 0.1) is 20.2 Å². The molecule has 0 aliphatic carbocycles. The Morgan fingerprint density at radius 3 is 2.25 bits per heavy atom. The molecular formula is C14H12N6O4. The summed E-state index contributed by atoms with van der Waals surface area (Å²) in [6, 6.07) is 14.3. The minimum atomic E-state index is -0.768. The normalized spacial score (nSPS) is 11.2. The predicted molar refractivity (Wildman–Crippen MR) is 87.5 cm³/mol. The molecule has 2 rings (SSSR count). The Balaban J connectivity index is 2.08. The number of hydrogen-bond donors (Lipinski definition) is 2. The summed E-state index contributed by atoms with van der Waals surface area (Å²) in [7, 11) is 0. The average molecular weight is 328 g/mol. The van der Waals surface area contributed by atoms with Crippen molar-refractivity contribution in [2.45, 2.75) is 0 Å². The van der Waals surface area contributed by atoms with E-state index < -0.39 is 9.96 Å². The Kier molecular flexibility index (Phi) is 5.50. The maximum atomic E-state index is 10.6. The van der Waals surface area contributed by atoms with Gasteiger partial charge in [0.15, 0.2) is 5.03 Å². The van der Waals surface area contributed by atoms with Crippen molar-refractivity contribution in [2.24, 2.45) is 10.1 Å². The van der Waals surface area contributed by atoms with Gasteiger partial charge in [-0.2, -0.15) is 5.10 Å². The number of rotatable bonds is 5. The Morgan fingerprint density at radius 2 is 1.67 bits per heavy atom. The van der Waals surface area contributed by atoms with Gasteiger partial charge in [0.05, 0.1) is 16.8 Å². The molecule has 0 amide bonds. The number of nitrogens with zero attached hydrogens (tertiary/aromatic N) is 4. The molecule has 0 unspecified atom stereocenters. The van der Waals surface area contributed by atoms with Gasteiger partial charge in [-0.05, 0) is 29.8 Å². The first kappa shape index (κ1) is 16.5. The van der Waals surface area contributed by atoms with E-state index in [4.69, 9.17) is 0 Å². The lowest BCUT2D eigenvalue weighted by Crippen LogP contribution is -2.38. The van der Waals surface area contributed by atoms with E-state index in [0.29, 0.717) is 11.3 Å². The molecule has 0 fully saturated rings. The average Bonchev–Trinajstić information content (AvgIpc) is 2.55. The number of nitrogens with one attached hydrogen (secondary N) is 2. The van der Waals surface area contributed by atoms with Gasteiger partial charge < -0.3 is 0 Å². The predicted octanol–water partition coefficient (Wildman–Crippen LogP) is 1.99. The third-order valence-corrected chi connectivity index (χ3v) is 2.68. The zero-order valence-corrected chi connectivity index (χ0v) is 12.2. The van der Waals surface area contributed by atoms with Crippen molar-refractivity contribution in [3.8, 4) is 0 Å². The van der Waals surface area contributed by atoms with Crippen LogP contribution in [0.3, 0.4) is 0 Å². The van der Waals surface area contributed by atoms with Crippen LogP contribution in [0.4, 0.5) is 11.4 Å². The quantitative estimate of drug-likeness (QED) is 0.373. The highest BCUT2D eigenvalue weighted by Crippen LogP contribution is 2.11. The Bertz CT molecular complexity index is 774. The van der Waals surface area contributed by atoms with Crippen molar-refractivity contribution < 1.29 is 9.96 Å². The fourth-order valence-electron chi connectivity index (χ4n) is 1.64. The number of aliphatic imine (C=N–C) groups is 1. The van der Waals surface area contributed by atoms with Crippen LogP contribution >= 0.6 is 0 Å². The molecule has 2 aromatic carbocycles. The minimum Gasteiger partial charge on any atom is -0.258 e. The van der Waals surface area contributed by atoms with Crippen LogP contribution in [0.15, 0.2) is 64.7 Å². The van der Waals surface area contributed by atoms with E-state index in [0.717, 1.165) is 0 Å². The van der Waals surface area contributed by atoms with E-state index in [-0.39, 0.29) is 11.6 Å². The summed E-state index contributed by atoms with van der Waals surface area (Å²) in [6.45, 7) is 0. The number of nitro benzene ring substituents is 1. The minimum absolute atomic E-state index is 0.0403. The van der Waals surface area contributed by atoms with Crippen LogP contribution in [0.25, 0.3) is 0 Å². The van der Waals surface area contributed by atoms with Crippen LogP contribution in [0.1, 0.15) is 5.56 Å². The highest BCUT2D eigenvalue weighted by atomic mass is 16.7. The van der Waals surface area contributed by atoms with Gasteiger partial charge in [0.2, 0.25) is 0 Å². The zero-order valence-electron chi connectivity index (χ0n) is 12.2. The van der Waals surface area contributed by atoms with E-state index in [1.165, 1.54) is 30.5 Å². The van der Waals surface area contributed by atoms with Crippen molar-refractivity contribution in [2.75, 3.05) is 0 Å². The molecule has 0 aromatic heterocycles. The second-order valence-corrected chi connectivity index (χ2v) is 4.38. The highest BCUT2D eigenvalue weighted by Gasteiger charge is 2.05. The van der Waals surface area contributed by atoms with E-state index in [1.807, 2.05) is 5.43 Å². The fourth-order valence-corrected chi connectivity index (χ4v) is 1.64. The van der Waals surface area contributed by atoms with Crippen LogP contribution in [0.2, 0.25) is 0 Å². The number of guanidine groups is 1. The molecule has 0 bridgehead atoms. The van der Waals surface area contributed by atoms with Crippen molar-refractivity contribution in [1.29, 1.82) is 0 Å². The third-order valence-electron chi connectivity index (χ3n) is 2.68.